The summed E-state index contributed by atoms with van der Waals surface area (Å²) in [5, 5.41) is 3.49. The molecule has 1 N–H and O–H groups in total. The van der Waals surface area contributed by atoms with Gasteiger partial charge in [-0.05, 0) is 34.9 Å². The lowest BCUT2D eigenvalue weighted by molar-refractivity contribution is -0.141. The molecule has 0 radical (unpaired) electrons. The molecule has 10 heteroatoms. The number of para-hydroxylation sites is 1. The van der Waals surface area contributed by atoms with Crippen LogP contribution in [0, 0.1) is 0 Å². The molecule has 0 saturated heterocycles. The van der Waals surface area contributed by atoms with E-state index in [0.717, 1.165) is 27.3 Å². The predicted molar refractivity (Wildman–Crippen MR) is 168 cm³/mol. The monoisotopic (exact) mass is 619 g/mol. The summed E-state index contributed by atoms with van der Waals surface area (Å²) in [7, 11) is -2.22. The highest BCUT2D eigenvalue weighted by molar-refractivity contribution is 7.88. The Morgan fingerprint density at radius 3 is 2.02 bits per heavy atom. The SMILES string of the molecule is COc1ccccc1CNC(=O)[C@@H](c1ccccc1)N(Cc1ccc(Cl)cc1)C(=O)CN(Cc1ccccc1)S(C)(=O)=O. The minimum absolute atomic E-state index is 0.0101. The molecule has 0 aliphatic carbocycles. The number of nitrogens with one attached hydrogen (secondary N) is 1. The van der Waals surface area contributed by atoms with Crippen LogP contribution < -0.4 is 10.1 Å². The fraction of sp³-hybridized carbons (Fsp3) is 0.212. The van der Waals surface area contributed by atoms with Gasteiger partial charge in [0.1, 0.15) is 11.8 Å². The van der Waals surface area contributed by atoms with Gasteiger partial charge >= 0.3 is 0 Å². The Labute approximate surface area is 257 Å². The number of hydrogen-bond acceptors (Lipinski definition) is 5. The lowest BCUT2D eigenvalue weighted by atomic mass is 10.0. The molecule has 0 bridgehead atoms. The molecular weight excluding hydrogens is 586 g/mol. The summed E-state index contributed by atoms with van der Waals surface area (Å²) in [4.78, 5) is 29.5. The number of ether oxygens (including phenoxy) is 1. The second kappa shape index (κ2) is 14.8. The van der Waals surface area contributed by atoms with Crippen molar-refractivity contribution in [1.82, 2.24) is 14.5 Å². The largest absolute Gasteiger partial charge is 0.496 e. The van der Waals surface area contributed by atoms with E-state index in [1.54, 1.807) is 73.8 Å². The average Bonchev–Trinajstić information content (AvgIpc) is 3.01. The summed E-state index contributed by atoms with van der Waals surface area (Å²) in [6.45, 7) is -0.236. The molecular formula is C33H34ClN3O5S. The summed E-state index contributed by atoms with van der Waals surface area (Å²) in [6, 6.07) is 31.2. The number of carbonyl (C=O) groups excluding carboxylic acids is 2. The van der Waals surface area contributed by atoms with Crippen molar-refractivity contribution >= 4 is 33.4 Å². The van der Waals surface area contributed by atoms with Crippen LogP contribution in [0.5, 0.6) is 5.75 Å². The third-order valence-corrected chi connectivity index (χ3v) is 8.34. The van der Waals surface area contributed by atoms with E-state index in [2.05, 4.69) is 5.32 Å². The Morgan fingerprint density at radius 1 is 0.814 bits per heavy atom. The van der Waals surface area contributed by atoms with E-state index in [9.17, 15) is 18.0 Å². The van der Waals surface area contributed by atoms with E-state index in [1.165, 1.54) is 4.90 Å². The van der Waals surface area contributed by atoms with Crippen LogP contribution in [-0.2, 0) is 39.2 Å². The van der Waals surface area contributed by atoms with Gasteiger partial charge in [0, 0.05) is 30.2 Å². The topological polar surface area (TPSA) is 96.0 Å². The number of amides is 2. The quantitative estimate of drug-likeness (QED) is 0.222. The maximum Gasteiger partial charge on any atom is 0.247 e. The molecule has 43 heavy (non-hydrogen) atoms. The number of carbonyl (C=O) groups is 2. The van der Waals surface area contributed by atoms with Crippen molar-refractivity contribution < 1.29 is 22.7 Å². The molecule has 0 spiro atoms. The molecule has 0 aliphatic heterocycles. The summed E-state index contributed by atoms with van der Waals surface area (Å²) < 4.78 is 32.2. The summed E-state index contributed by atoms with van der Waals surface area (Å²) in [6.07, 6.45) is 1.07. The van der Waals surface area contributed by atoms with Crippen molar-refractivity contribution in [2.75, 3.05) is 19.9 Å². The van der Waals surface area contributed by atoms with E-state index in [1.807, 2.05) is 42.5 Å². The molecule has 1 atom stereocenters. The van der Waals surface area contributed by atoms with E-state index in [0.29, 0.717) is 16.3 Å². The first kappa shape index (κ1) is 31.7. The highest BCUT2D eigenvalue weighted by atomic mass is 35.5. The third kappa shape index (κ3) is 8.90. The second-order valence-electron chi connectivity index (χ2n) is 10.0. The van der Waals surface area contributed by atoms with Crippen LogP contribution in [0.3, 0.4) is 0 Å². The third-order valence-electron chi connectivity index (χ3n) is 6.89. The lowest BCUT2D eigenvalue weighted by Gasteiger charge is -2.33. The average molecular weight is 620 g/mol. The molecule has 4 aromatic carbocycles. The van der Waals surface area contributed by atoms with Gasteiger partial charge in [-0.15, -0.1) is 0 Å². The molecule has 2 amide bonds. The number of rotatable bonds is 13. The number of hydrogen-bond donors (Lipinski definition) is 1. The molecule has 0 unspecified atom stereocenters. The standard InChI is InChI=1S/C33H34ClN3O5S/c1-42-30-16-10-9-15-28(30)21-35-33(39)32(27-13-7-4-8-14-27)37(23-26-17-19-29(34)20-18-26)31(38)24-36(43(2,40)41)22-25-11-5-3-6-12-25/h3-20,32H,21-24H2,1-2H3,(H,35,39)/t32-/m1/s1. The minimum Gasteiger partial charge on any atom is -0.496 e. The first-order valence-corrected chi connectivity index (χ1v) is 15.9. The molecule has 0 heterocycles. The van der Waals surface area contributed by atoms with Crippen LogP contribution in [0.1, 0.15) is 28.3 Å². The Balaban J connectivity index is 1.70. The van der Waals surface area contributed by atoms with Gasteiger partial charge in [0.25, 0.3) is 0 Å². The summed E-state index contributed by atoms with van der Waals surface area (Å²) >= 11 is 6.11. The van der Waals surface area contributed by atoms with Crippen LogP contribution in [0.4, 0.5) is 0 Å². The molecule has 8 nitrogen and oxygen atoms in total. The molecule has 224 valence electrons. The van der Waals surface area contributed by atoms with Gasteiger partial charge in [-0.2, -0.15) is 4.31 Å². The molecule has 4 aromatic rings. The van der Waals surface area contributed by atoms with Crippen LogP contribution >= 0.6 is 11.6 Å². The highest BCUT2D eigenvalue weighted by Crippen LogP contribution is 2.26. The number of halogens is 1. The van der Waals surface area contributed by atoms with Crippen molar-refractivity contribution in [1.29, 1.82) is 0 Å². The van der Waals surface area contributed by atoms with Gasteiger partial charge in [-0.1, -0.05) is 103 Å². The Bertz CT molecular complexity index is 1620. The summed E-state index contributed by atoms with van der Waals surface area (Å²) in [5.41, 5.74) is 2.81. The number of benzene rings is 4. The van der Waals surface area contributed by atoms with Crippen molar-refractivity contribution in [3.05, 3.63) is 136 Å². The predicted octanol–water partition coefficient (Wildman–Crippen LogP) is 5.20. The van der Waals surface area contributed by atoms with E-state index in [4.69, 9.17) is 16.3 Å². The molecule has 4 rings (SSSR count). The number of sulfonamides is 1. The first-order chi connectivity index (χ1) is 20.7. The van der Waals surface area contributed by atoms with Crippen LogP contribution in [0.25, 0.3) is 0 Å². The zero-order valence-corrected chi connectivity index (χ0v) is 25.6. The van der Waals surface area contributed by atoms with Crippen molar-refractivity contribution in [3.8, 4) is 5.75 Å². The molecule has 0 aromatic heterocycles. The van der Waals surface area contributed by atoms with Gasteiger partial charge in [0.05, 0.1) is 19.9 Å². The van der Waals surface area contributed by atoms with E-state index < -0.39 is 34.4 Å². The molecule has 0 aliphatic rings. The Morgan fingerprint density at radius 2 is 1.40 bits per heavy atom. The highest BCUT2D eigenvalue weighted by Gasteiger charge is 2.33. The summed E-state index contributed by atoms with van der Waals surface area (Å²) in [5.74, 6) is -0.330. The van der Waals surface area contributed by atoms with Crippen LogP contribution in [0.2, 0.25) is 5.02 Å². The maximum absolute atomic E-state index is 14.1. The van der Waals surface area contributed by atoms with E-state index in [-0.39, 0.29) is 19.6 Å². The van der Waals surface area contributed by atoms with Gasteiger partial charge in [-0.3, -0.25) is 9.59 Å². The van der Waals surface area contributed by atoms with Gasteiger partial charge in [0.2, 0.25) is 21.8 Å². The zero-order chi connectivity index (χ0) is 30.8. The second-order valence-corrected chi connectivity index (χ2v) is 12.4. The zero-order valence-electron chi connectivity index (χ0n) is 24.0. The number of methoxy groups -OCH3 is 1. The Kier molecular flexibility index (Phi) is 10.9. The fourth-order valence-electron chi connectivity index (χ4n) is 4.67. The maximum atomic E-state index is 14.1. The Hall–Kier alpha value is -4.18. The molecule has 0 fully saturated rings. The normalized spacial score (nSPS) is 12.0. The first-order valence-electron chi connectivity index (χ1n) is 13.6. The van der Waals surface area contributed by atoms with Gasteiger partial charge < -0.3 is 15.0 Å². The van der Waals surface area contributed by atoms with Gasteiger partial charge in [-0.25, -0.2) is 8.42 Å². The van der Waals surface area contributed by atoms with Crippen molar-refractivity contribution in [2.24, 2.45) is 0 Å². The number of nitrogens with zero attached hydrogens (tertiary/aromatic N) is 2. The van der Waals surface area contributed by atoms with Gasteiger partial charge in [0.15, 0.2) is 0 Å². The van der Waals surface area contributed by atoms with Crippen LogP contribution in [-0.4, -0.2) is 49.3 Å². The fourth-order valence-corrected chi connectivity index (χ4v) is 5.52. The minimum atomic E-state index is -3.78. The van der Waals surface area contributed by atoms with E-state index >= 15 is 0 Å². The molecule has 0 saturated carbocycles. The smallest absolute Gasteiger partial charge is 0.247 e. The lowest BCUT2D eigenvalue weighted by Crippen LogP contribution is -2.47. The van der Waals surface area contributed by atoms with Crippen LogP contribution in [0.15, 0.2) is 109 Å². The van der Waals surface area contributed by atoms with Crippen molar-refractivity contribution in [3.63, 3.8) is 0 Å². The van der Waals surface area contributed by atoms with Crippen molar-refractivity contribution in [2.45, 2.75) is 25.7 Å².